The van der Waals surface area contributed by atoms with Crippen molar-refractivity contribution in [3.8, 4) is 0 Å². The average Bonchev–Trinajstić information content (AvgIpc) is 2.39. The number of ether oxygens (including phenoxy) is 1. The van der Waals surface area contributed by atoms with Gasteiger partial charge >= 0.3 is 5.97 Å². The quantitative estimate of drug-likeness (QED) is 0.781. The van der Waals surface area contributed by atoms with E-state index in [0.29, 0.717) is 17.9 Å². The fraction of sp³-hybridized carbons (Fsp3) is 0.467. The first kappa shape index (κ1) is 16.2. The van der Waals surface area contributed by atoms with Gasteiger partial charge in [0.1, 0.15) is 0 Å². The van der Waals surface area contributed by atoms with Gasteiger partial charge in [-0.1, -0.05) is 19.9 Å². The highest BCUT2D eigenvalue weighted by molar-refractivity contribution is 5.94. The lowest BCUT2D eigenvalue weighted by atomic mass is 10.0. The number of amides is 1. The number of rotatable bonds is 6. The maximum absolute atomic E-state index is 11.8. The lowest BCUT2D eigenvalue weighted by Gasteiger charge is -2.15. The Bertz CT molecular complexity index is 472. The van der Waals surface area contributed by atoms with Crippen molar-refractivity contribution >= 4 is 17.6 Å². The fourth-order valence-corrected chi connectivity index (χ4v) is 1.60. The number of carbonyl (C=O) groups excluding carboxylic acids is 2. The van der Waals surface area contributed by atoms with Crippen LogP contribution < -0.4 is 11.1 Å². The van der Waals surface area contributed by atoms with Crippen LogP contribution >= 0.6 is 0 Å². The molecule has 1 rings (SSSR count). The van der Waals surface area contributed by atoms with Crippen molar-refractivity contribution < 1.29 is 14.3 Å². The summed E-state index contributed by atoms with van der Waals surface area (Å²) < 4.78 is 4.91. The van der Waals surface area contributed by atoms with Crippen LogP contribution in [0.2, 0.25) is 0 Å². The predicted molar refractivity (Wildman–Crippen MR) is 78.5 cm³/mol. The Balaban J connectivity index is 2.66. The Hall–Kier alpha value is -1.88. The van der Waals surface area contributed by atoms with E-state index in [1.54, 1.807) is 31.2 Å². The van der Waals surface area contributed by atoms with E-state index in [2.05, 4.69) is 5.32 Å². The molecule has 0 aromatic heterocycles. The SMILES string of the molecule is CCOC(=O)c1cccc(NC(=O)CC(N)C(C)C)c1. The minimum absolute atomic E-state index is 0.160. The van der Waals surface area contributed by atoms with Crippen molar-refractivity contribution in [2.45, 2.75) is 33.2 Å². The second kappa shape index (κ2) is 7.65. The van der Waals surface area contributed by atoms with Gasteiger partial charge < -0.3 is 15.8 Å². The summed E-state index contributed by atoms with van der Waals surface area (Å²) in [4.78, 5) is 23.4. The van der Waals surface area contributed by atoms with Gasteiger partial charge in [-0.3, -0.25) is 4.79 Å². The van der Waals surface area contributed by atoms with E-state index in [0.717, 1.165) is 0 Å². The van der Waals surface area contributed by atoms with Gasteiger partial charge in [-0.2, -0.15) is 0 Å². The molecule has 1 atom stereocenters. The Labute approximate surface area is 119 Å². The molecule has 1 aromatic carbocycles. The normalized spacial score (nSPS) is 12.1. The van der Waals surface area contributed by atoms with Crippen molar-refractivity contribution in [3.63, 3.8) is 0 Å². The molecule has 20 heavy (non-hydrogen) atoms. The van der Waals surface area contributed by atoms with Crippen LogP contribution in [0.3, 0.4) is 0 Å². The predicted octanol–water partition coefficient (Wildman–Crippen LogP) is 2.18. The first-order chi connectivity index (χ1) is 9.43. The number of hydrogen-bond acceptors (Lipinski definition) is 4. The van der Waals surface area contributed by atoms with Crippen molar-refractivity contribution in [2.75, 3.05) is 11.9 Å². The van der Waals surface area contributed by atoms with E-state index in [9.17, 15) is 9.59 Å². The monoisotopic (exact) mass is 278 g/mol. The maximum atomic E-state index is 11.8. The summed E-state index contributed by atoms with van der Waals surface area (Å²) in [5, 5.41) is 2.74. The van der Waals surface area contributed by atoms with Gasteiger partial charge in [-0.25, -0.2) is 4.79 Å². The zero-order valence-electron chi connectivity index (χ0n) is 12.2. The number of nitrogens with one attached hydrogen (secondary N) is 1. The third-order valence-corrected chi connectivity index (χ3v) is 2.93. The van der Waals surface area contributed by atoms with Crippen molar-refractivity contribution in [3.05, 3.63) is 29.8 Å². The Kier molecular flexibility index (Phi) is 6.18. The van der Waals surface area contributed by atoms with E-state index >= 15 is 0 Å². The molecule has 0 fully saturated rings. The average molecular weight is 278 g/mol. The lowest BCUT2D eigenvalue weighted by Crippen LogP contribution is -2.31. The zero-order valence-corrected chi connectivity index (χ0v) is 12.2. The van der Waals surface area contributed by atoms with E-state index in [1.807, 2.05) is 13.8 Å². The Morgan fingerprint density at radius 1 is 1.35 bits per heavy atom. The molecular formula is C15H22N2O3. The maximum Gasteiger partial charge on any atom is 0.338 e. The van der Waals surface area contributed by atoms with Gasteiger partial charge in [-0.15, -0.1) is 0 Å². The van der Waals surface area contributed by atoms with Crippen LogP contribution in [-0.4, -0.2) is 24.5 Å². The van der Waals surface area contributed by atoms with Gasteiger partial charge in [0.15, 0.2) is 0 Å². The van der Waals surface area contributed by atoms with Crippen LogP contribution in [-0.2, 0) is 9.53 Å². The van der Waals surface area contributed by atoms with E-state index in [4.69, 9.17) is 10.5 Å². The molecule has 110 valence electrons. The largest absolute Gasteiger partial charge is 0.462 e. The number of hydrogen-bond donors (Lipinski definition) is 2. The number of nitrogens with two attached hydrogens (primary N) is 1. The van der Waals surface area contributed by atoms with Gasteiger partial charge in [0.25, 0.3) is 0 Å². The standard InChI is InChI=1S/C15H22N2O3/c1-4-20-15(19)11-6-5-7-12(8-11)17-14(18)9-13(16)10(2)3/h5-8,10,13H,4,9,16H2,1-3H3,(H,17,18). The molecule has 0 heterocycles. The highest BCUT2D eigenvalue weighted by Gasteiger charge is 2.14. The third kappa shape index (κ3) is 5.01. The second-order valence-corrected chi connectivity index (χ2v) is 4.96. The van der Waals surface area contributed by atoms with Crippen LogP contribution in [0.4, 0.5) is 5.69 Å². The molecule has 1 amide bonds. The summed E-state index contributed by atoms with van der Waals surface area (Å²) >= 11 is 0. The summed E-state index contributed by atoms with van der Waals surface area (Å²) in [7, 11) is 0. The van der Waals surface area contributed by atoms with Gasteiger partial charge in [-0.05, 0) is 31.0 Å². The molecule has 5 heteroatoms. The molecule has 0 spiro atoms. The summed E-state index contributed by atoms with van der Waals surface area (Å²) in [5.74, 6) is -0.318. The number of carbonyl (C=O) groups is 2. The minimum atomic E-state index is -0.400. The molecule has 1 aromatic rings. The van der Waals surface area contributed by atoms with Gasteiger partial charge in [0, 0.05) is 18.2 Å². The van der Waals surface area contributed by atoms with E-state index < -0.39 is 5.97 Å². The summed E-state index contributed by atoms with van der Waals surface area (Å²) in [5.41, 5.74) is 6.83. The number of anilines is 1. The first-order valence-electron chi connectivity index (χ1n) is 6.76. The van der Waals surface area contributed by atoms with Crippen LogP contribution in [0.25, 0.3) is 0 Å². The summed E-state index contributed by atoms with van der Waals surface area (Å²) in [6.45, 7) is 6.01. The molecule has 5 nitrogen and oxygen atoms in total. The summed E-state index contributed by atoms with van der Waals surface area (Å²) in [6, 6.07) is 6.49. The molecule has 3 N–H and O–H groups in total. The zero-order chi connectivity index (χ0) is 15.1. The van der Waals surface area contributed by atoms with Crippen molar-refractivity contribution in [2.24, 2.45) is 11.7 Å². The molecule has 0 saturated heterocycles. The summed E-state index contributed by atoms with van der Waals surface area (Å²) in [6.07, 6.45) is 0.251. The molecule has 1 unspecified atom stereocenters. The third-order valence-electron chi connectivity index (χ3n) is 2.93. The van der Waals surface area contributed by atoms with Crippen LogP contribution in [0.1, 0.15) is 37.6 Å². The smallest absolute Gasteiger partial charge is 0.338 e. The minimum Gasteiger partial charge on any atom is -0.462 e. The van der Waals surface area contributed by atoms with E-state index in [1.165, 1.54) is 0 Å². The Morgan fingerprint density at radius 3 is 2.65 bits per heavy atom. The molecule has 0 aliphatic heterocycles. The van der Waals surface area contributed by atoms with Crippen LogP contribution in [0.5, 0.6) is 0 Å². The highest BCUT2D eigenvalue weighted by atomic mass is 16.5. The fourth-order valence-electron chi connectivity index (χ4n) is 1.60. The topological polar surface area (TPSA) is 81.4 Å². The molecular weight excluding hydrogens is 256 g/mol. The van der Waals surface area contributed by atoms with Crippen molar-refractivity contribution in [1.29, 1.82) is 0 Å². The molecule has 0 aliphatic rings. The highest BCUT2D eigenvalue weighted by Crippen LogP contribution is 2.13. The number of esters is 1. The Morgan fingerprint density at radius 2 is 2.05 bits per heavy atom. The first-order valence-corrected chi connectivity index (χ1v) is 6.76. The van der Waals surface area contributed by atoms with Crippen LogP contribution in [0.15, 0.2) is 24.3 Å². The molecule has 0 radical (unpaired) electrons. The molecule has 0 aliphatic carbocycles. The molecule has 0 saturated carbocycles. The number of benzene rings is 1. The van der Waals surface area contributed by atoms with Gasteiger partial charge in [0.05, 0.1) is 12.2 Å². The van der Waals surface area contributed by atoms with Crippen LogP contribution in [0, 0.1) is 5.92 Å². The van der Waals surface area contributed by atoms with Gasteiger partial charge in [0.2, 0.25) is 5.91 Å². The van der Waals surface area contributed by atoms with E-state index in [-0.39, 0.29) is 24.3 Å². The lowest BCUT2D eigenvalue weighted by molar-refractivity contribution is -0.116. The molecule has 0 bridgehead atoms. The second-order valence-electron chi connectivity index (χ2n) is 4.96. The van der Waals surface area contributed by atoms with Crippen molar-refractivity contribution in [1.82, 2.24) is 0 Å².